The Bertz CT molecular complexity index is 2730. The molecular weight excluding hydrogens is 921 g/mol. The number of hydrogen-bond acceptors (Lipinski definition) is 17. The maximum absolute atomic E-state index is 14.0. The lowest BCUT2D eigenvalue weighted by atomic mass is 9.96. The van der Waals surface area contributed by atoms with Gasteiger partial charge in [-0.2, -0.15) is 0 Å². The number of aliphatic hydroxyl groups excluding tert-OH is 2. The molecule has 2 fully saturated rings. The molecule has 0 radical (unpaired) electrons. The van der Waals surface area contributed by atoms with Gasteiger partial charge >= 0.3 is 35.8 Å². The SMILES string of the molecule is O=C(OC[C@H]1O[C@@H](O[C@@H]2[C@H](OC(=O)c3ccccc3)[C@@H](O)O[C@H](COC(=O)c3ccccc3)[C@H]2OC(=O)c2ccccc2)[C@@H](OC(=O)c2ccccc2)[C@@H](O)[C@@H]1OC(=O)c1ccccc1)c1ccccc1. The van der Waals surface area contributed by atoms with Crippen molar-refractivity contribution in [1.82, 2.24) is 0 Å². The minimum absolute atomic E-state index is 0.0151. The normalized spacial score (nSPS) is 23.7. The summed E-state index contributed by atoms with van der Waals surface area (Å²) < 4.78 is 54.1. The van der Waals surface area contributed by atoms with Crippen molar-refractivity contribution in [2.75, 3.05) is 13.2 Å². The Balaban J connectivity index is 1.20. The Morgan fingerprint density at radius 1 is 0.352 bits per heavy atom. The standard InChI is InChI=1S/C54H46O17/c55-41-42(67-49(58)35-23-11-3-12-24-35)39(31-63-47(56)33-19-7-1-8-20-33)66-54(44(41)69-51(60)37-27-15-5-16-28-37)71-45-43(68-50(59)36-25-13-4-14-26-36)40(32-64-48(57)34-21-9-2-10-22-34)65-53(62)46(45)70-52(61)38-29-17-6-18-30-38/h1-30,39-46,53-55,62H,31-32H2/t39-,40-,41+,42-,43-,44+,45+,46+,53+,54+/m1/s1. The van der Waals surface area contributed by atoms with E-state index in [9.17, 15) is 39.0 Å². The van der Waals surface area contributed by atoms with Crippen LogP contribution in [0, 0.1) is 0 Å². The molecule has 2 saturated heterocycles. The van der Waals surface area contributed by atoms with E-state index < -0.39 is 110 Å². The molecule has 8 rings (SSSR count). The Morgan fingerprint density at radius 2 is 0.648 bits per heavy atom. The monoisotopic (exact) mass is 966 g/mol. The predicted molar refractivity (Wildman–Crippen MR) is 246 cm³/mol. The molecule has 71 heavy (non-hydrogen) atoms. The van der Waals surface area contributed by atoms with Crippen LogP contribution in [0.1, 0.15) is 62.1 Å². The molecular formula is C54H46O17. The lowest BCUT2D eigenvalue weighted by molar-refractivity contribution is -0.353. The van der Waals surface area contributed by atoms with Crippen molar-refractivity contribution in [1.29, 1.82) is 0 Å². The van der Waals surface area contributed by atoms with Crippen LogP contribution in [0.4, 0.5) is 0 Å². The van der Waals surface area contributed by atoms with Crippen LogP contribution in [-0.2, 0) is 42.6 Å². The van der Waals surface area contributed by atoms with E-state index in [0.717, 1.165) is 0 Å². The highest BCUT2D eigenvalue weighted by Gasteiger charge is 2.57. The number of rotatable bonds is 16. The summed E-state index contributed by atoms with van der Waals surface area (Å²) in [4.78, 5) is 82.2. The van der Waals surface area contributed by atoms with Crippen LogP contribution in [0.25, 0.3) is 0 Å². The smallest absolute Gasteiger partial charge is 0.338 e. The van der Waals surface area contributed by atoms with E-state index in [1.165, 1.54) is 72.8 Å². The highest BCUT2D eigenvalue weighted by Crippen LogP contribution is 2.35. The summed E-state index contributed by atoms with van der Waals surface area (Å²) in [5.74, 6) is -5.55. The lowest BCUT2D eigenvalue weighted by Gasteiger charge is -2.47. The van der Waals surface area contributed by atoms with Crippen molar-refractivity contribution >= 4 is 35.8 Å². The van der Waals surface area contributed by atoms with Crippen molar-refractivity contribution in [3.63, 3.8) is 0 Å². The third kappa shape index (κ3) is 12.4. The number of carbonyl (C=O) groups is 6. The number of benzene rings is 6. The van der Waals surface area contributed by atoms with Crippen LogP contribution >= 0.6 is 0 Å². The lowest BCUT2D eigenvalue weighted by Crippen LogP contribution is -2.66. The second-order valence-corrected chi connectivity index (χ2v) is 16.1. The molecule has 2 aliphatic heterocycles. The van der Waals surface area contributed by atoms with E-state index in [1.54, 1.807) is 109 Å². The second-order valence-electron chi connectivity index (χ2n) is 16.1. The van der Waals surface area contributed by atoms with Gasteiger partial charge in [-0.25, -0.2) is 28.8 Å². The molecule has 2 N–H and O–H groups in total. The first-order valence-corrected chi connectivity index (χ1v) is 22.3. The van der Waals surface area contributed by atoms with Crippen LogP contribution in [0.2, 0.25) is 0 Å². The quantitative estimate of drug-likeness (QED) is 0.0864. The van der Waals surface area contributed by atoms with E-state index in [4.69, 9.17) is 42.6 Å². The highest BCUT2D eigenvalue weighted by atomic mass is 16.8. The van der Waals surface area contributed by atoms with Gasteiger partial charge in [-0.1, -0.05) is 109 Å². The number of carbonyl (C=O) groups excluding carboxylic acids is 6. The fourth-order valence-corrected chi connectivity index (χ4v) is 7.71. The predicted octanol–water partition coefficient (Wildman–Crippen LogP) is 5.79. The summed E-state index contributed by atoms with van der Waals surface area (Å²) >= 11 is 0. The fraction of sp³-hybridized carbons (Fsp3) is 0.222. The van der Waals surface area contributed by atoms with Crippen molar-refractivity contribution in [3.8, 4) is 0 Å². The van der Waals surface area contributed by atoms with Crippen LogP contribution in [0.15, 0.2) is 182 Å². The molecule has 6 aromatic rings. The summed E-state index contributed by atoms with van der Waals surface area (Å²) in [7, 11) is 0. The first-order chi connectivity index (χ1) is 34.5. The number of aliphatic hydroxyl groups is 2. The molecule has 2 heterocycles. The van der Waals surface area contributed by atoms with Crippen LogP contribution in [0.5, 0.6) is 0 Å². The molecule has 2 aliphatic rings. The summed E-state index contributed by atoms with van der Waals surface area (Å²) in [6.07, 6.45) is -18.7. The Morgan fingerprint density at radius 3 is 1.01 bits per heavy atom. The van der Waals surface area contributed by atoms with Gasteiger partial charge in [0.1, 0.15) is 37.6 Å². The van der Waals surface area contributed by atoms with Gasteiger partial charge in [0.05, 0.1) is 33.4 Å². The highest BCUT2D eigenvalue weighted by molar-refractivity contribution is 5.92. The Hall–Kier alpha value is -8.06. The van der Waals surface area contributed by atoms with Crippen molar-refractivity contribution in [2.45, 2.75) is 61.4 Å². The largest absolute Gasteiger partial charge is 0.459 e. The first-order valence-electron chi connectivity index (χ1n) is 22.3. The molecule has 0 bridgehead atoms. The van der Waals surface area contributed by atoms with Crippen molar-refractivity contribution in [2.24, 2.45) is 0 Å². The number of esters is 6. The molecule has 0 aliphatic carbocycles. The summed E-state index contributed by atoms with van der Waals surface area (Å²) in [5, 5.41) is 24.2. The zero-order valence-corrected chi connectivity index (χ0v) is 37.5. The molecule has 364 valence electrons. The van der Waals surface area contributed by atoms with Crippen LogP contribution < -0.4 is 0 Å². The average molecular weight is 967 g/mol. The topological polar surface area (TPSA) is 226 Å². The molecule has 10 atom stereocenters. The zero-order valence-electron chi connectivity index (χ0n) is 37.5. The van der Waals surface area contributed by atoms with Crippen LogP contribution in [0.3, 0.4) is 0 Å². The minimum atomic E-state index is -2.11. The van der Waals surface area contributed by atoms with Crippen molar-refractivity contribution < 1.29 is 81.6 Å². The maximum Gasteiger partial charge on any atom is 0.338 e. The second kappa shape index (κ2) is 23.5. The summed E-state index contributed by atoms with van der Waals surface area (Å²) in [6.45, 7) is -1.39. The van der Waals surface area contributed by atoms with E-state index in [0.29, 0.717) is 0 Å². The molecule has 6 aromatic carbocycles. The molecule has 0 unspecified atom stereocenters. The zero-order chi connectivity index (χ0) is 49.7. The molecule has 17 nitrogen and oxygen atoms in total. The van der Waals surface area contributed by atoms with E-state index in [1.807, 2.05) is 0 Å². The average Bonchev–Trinajstić information content (AvgIpc) is 3.42. The number of ether oxygens (including phenoxy) is 9. The Kier molecular flexibility index (Phi) is 16.3. The van der Waals surface area contributed by atoms with E-state index in [-0.39, 0.29) is 33.4 Å². The minimum Gasteiger partial charge on any atom is -0.459 e. The van der Waals surface area contributed by atoms with E-state index >= 15 is 0 Å². The van der Waals surface area contributed by atoms with Gasteiger partial charge in [-0.05, 0) is 72.8 Å². The van der Waals surface area contributed by atoms with Gasteiger partial charge in [0.15, 0.2) is 37.0 Å². The van der Waals surface area contributed by atoms with Gasteiger partial charge < -0.3 is 52.8 Å². The van der Waals surface area contributed by atoms with Gasteiger partial charge in [0.2, 0.25) is 0 Å². The molecule has 0 amide bonds. The molecule has 0 saturated carbocycles. The van der Waals surface area contributed by atoms with Gasteiger partial charge in [0, 0.05) is 0 Å². The third-order valence-corrected chi connectivity index (χ3v) is 11.3. The Labute approximate surface area is 406 Å². The molecule has 17 heteroatoms. The van der Waals surface area contributed by atoms with E-state index in [2.05, 4.69) is 0 Å². The van der Waals surface area contributed by atoms with Gasteiger partial charge in [-0.15, -0.1) is 0 Å². The maximum atomic E-state index is 14.0. The third-order valence-electron chi connectivity index (χ3n) is 11.3. The van der Waals surface area contributed by atoms with Gasteiger partial charge in [-0.3, -0.25) is 0 Å². The first kappa shape index (κ1) is 49.4. The fourth-order valence-electron chi connectivity index (χ4n) is 7.71. The summed E-state index contributed by atoms with van der Waals surface area (Å²) in [5.41, 5.74) is 0.442. The van der Waals surface area contributed by atoms with Crippen LogP contribution in [-0.4, -0.2) is 121 Å². The van der Waals surface area contributed by atoms with Gasteiger partial charge in [0.25, 0.3) is 0 Å². The van der Waals surface area contributed by atoms with Crippen molar-refractivity contribution in [3.05, 3.63) is 215 Å². The molecule has 0 spiro atoms. The number of hydrogen-bond donors (Lipinski definition) is 2. The molecule has 0 aromatic heterocycles. The summed E-state index contributed by atoms with van der Waals surface area (Å²) in [6, 6.07) is 46.6.